The molecule has 1 aromatic carbocycles. The Bertz CT molecular complexity index is 582. The maximum atomic E-state index is 12.3. The molecular formula is C13H18ClNO3S. The van der Waals surface area contributed by atoms with E-state index in [1.807, 2.05) is 20.8 Å². The average molecular weight is 304 g/mol. The van der Waals surface area contributed by atoms with Gasteiger partial charge in [0.2, 0.25) is 0 Å². The van der Waals surface area contributed by atoms with Crippen LogP contribution < -0.4 is 0 Å². The summed E-state index contributed by atoms with van der Waals surface area (Å²) in [6.07, 6.45) is 0. The normalized spacial score (nSPS) is 11.7. The standard InChI is InChI=1S/C13H18ClNO3S/c1-5-15(9(2)3)13(16)12-7-6-11(8-10(12)4)19(14,17)18/h6-9H,5H2,1-4H3. The number of rotatable bonds is 4. The minimum absolute atomic E-state index is 0.0100. The zero-order valence-corrected chi connectivity index (χ0v) is 13.0. The lowest BCUT2D eigenvalue weighted by atomic mass is 10.1. The largest absolute Gasteiger partial charge is 0.336 e. The van der Waals surface area contributed by atoms with Crippen molar-refractivity contribution in [1.29, 1.82) is 0 Å². The van der Waals surface area contributed by atoms with Gasteiger partial charge in [0.15, 0.2) is 0 Å². The van der Waals surface area contributed by atoms with Gasteiger partial charge in [-0.25, -0.2) is 8.42 Å². The summed E-state index contributed by atoms with van der Waals surface area (Å²) in [5, 5.41) is 0. The van der Waals surface area contributed by atoms with E-state index in [9.17, 15) is 13.2 Å². The lowest BCUT2D eigenvalue weighted by Gasteiger charge is -2.26. The number of halogens is 1. The number of benzene rings is 1. The Morgan fingerprint density at radius 3 is 2.32 bits per heavy atom. The zero-order valence-electron chi connectivity index (χ0n) is 11.5. The summed E-state index contributed by atoms with van der Waals surface area (Å²) in [6.45, 7) is 8.09. The quantitative estimate of drug-likeness (QED) is 0.804. The van der Waals surface area contributed by atoms with Gasteiger partial charge in [-0.1, -0.05) is 0 Å². The minimum atomic E-state index is -3.76. The van der Waals surface area contributed by atoms with Crippen LogP contribution in [0.1, 0.15) is 36.7 Å². The summed E-state index contributed by atoms with van der Waals surface area (Å²) >= 11 is 0. The van der Waals surface area contributed by atoms with Crippen molar-refractivity contribution in [3.8, 4) is 0 Å². The van der Waals surface area contributed by atoms with Crippen molar-refractivity contribution < 1.29 is 13.2 Å². The van der Waals surface area contributed by atoms with Gasteiger partial charge in [0, 0.05) is 28.8 Å². The van der Waals surface area contributed by atoms with Gasteiger partial charge in [-0.3, -0.25) is 4.79 Å². The van der Waals surface area contributed by atoms with Gasteiger partial charge in [0.1, 0.15) is 0 Å². The first-order valence-corrected chi connectivity index (χ1v) is 8.35. The van der Waals surface area contributed by atoms with E-state index < -0.39 is 9.05 Å². The van der Waals surface area contributed by atoms with Crippen molar-refractivity contribution in [2.24, 2.45) is 0 Å². The monoisotopic (exact) mass is 303 g/mol. The molecule has 0 atom stereocenters. The molecule has 1 aromatic rings. The lowest BCUT2D eigenvalue weighted by Crippen LogP contribution is -2.37. The van der Waals surface area contributed by atoms with Crippen LogP contribution in [0.5, 0.6) is 0 Å². The van der Waals surface area contributed by atoms with Crippen LogP contribution in [-0.2, 0) is 9.05 Å². The number of hydrogen-bond acceptors (Lipinski definition) is 3. The van der Waals surface area contributed by atoms with Crippen molar-refractivity contribution >= 4 is 25.6 Å². The molecule has 0 aromatic heterocycles. The SMILES string of the molecule is CCN(C(=O)c1ccc(S(=O)(=O)Cl)cc1C)C(C)C. The molecule has 1 amide bonds. The first-order chi connectivity index (χ1) is 8.68. The zero-order chi connectivity index (χ0) is 14.8. The molecular weight excluding hydrogens is 286 g/mol. The van der Waals surface area contributed by atoms with Gasteiger partial charge in [0.05, 0.1) is 4.90 Å². The lowest BCUT2D eigenvalue weighted by molar-refractivity contribution is 0.0716. The third-order valence-electron chi connectivity index (χ3n) is 2.93. The van der Waals surface area contributed by atoms with Crippen molar-refractivity contribution in [2.75, 3.05) is 6.54 Å². The molecule has 0 N–H and O–H groups in total. The molecule has 0 saturated carbocycles. The van der Waals surface area contributed by atoms with Gasteiger partial charge in [0.25, 0.3) is 15.0 Å². The highest BCUT2D eigenvalue weighted by molar-refractivity contribution is 8.13. The van der Waals surface area contributed by atoms with E-state index >= 15 is 0 Å². The van der Waals surface area contributed by atoms with Crippen LogP contribution in [-0.4, -0.2) is 31.8 Å². The Balaban J connectivity index is 3.20. The Labute approximate surface area is 118 Å². The van der Waals surface area contributed by atoms with Gasteiger partial charge < -0.3 is 4.90 Å². The molecule has 0 bridgehead atoms. The van der Waals surface area contributed by atoms with E-state index in [1.165, 1.54) is 18.2 Å². The van der Waals surface area contributed by atoms with E-state index in [1.54, 1.807) is 11.8 Å². The number of nitrogens with zero attached hydrogens (tertiary/aromatic N) is 1. The molecule has 0 spiro atoms. The van der Waals surface area contributed by atoms with Crippen LogP contribution >= 0.6 is 10.7 Å². The van der Waals surface area contributed by atoms with Crippen LogP contribution in [0.3, 0.4) is 0 Å². The van der Waals surface area contributed by atoms with E-state index in [0.29, 0.717) is 17.7 Å². The Morgan fingerprint density at radius 2 is 1.95 bits per heavy atom. The summed E-state index contributed by atoms with van der Waals surface area (Å²) in [5.74, 6) is -0.103. The molecule has 106 valence electrons. The smallest absolute Gasteiger partial charge is 0.261 e. The van der Waals surface area contributed by atoms with Crippen LogP contribution in [0.2, 0.25) is 0 Å². The second-order valence-corrected chi connectivity index (χ2v) is 7.17. The van der Waals surface area contributed by atoms with E-state index in [0.717, 1.165) is 0 Å². The molecule has 19 heavy (non-hydrogen) atoms. The van der Waals surface area contributed by atoms with Crippen molar-refractivity contribution in [3.05, 3.63) is 29.3 Å². The summed E-state index contributed by atoms with van der Waals surface area (Å²) in [4.78, 5) is 14.1. The topological polar surface area (TPSA) is 54.5 Å². The highest BCUT2D eigenvalue weighted by Crippen LogP contribution is 2.20. The Kier molecular flexibility index (Phi) is 4.98. The van der Waals surface area contributed by atoms with Crippen molar-refractivity contribution in [1.82, 2.24) is 4.90 Å². The molecule has 0 unspecified atom stereocenters. The van der Waals surface area contributed by atoms with Gasteiger partial charge in [-0.15, -0.1) is 0 Å². The molecule has 0 heterocycles. The van der Waals surface area contributed by atoms with Crippen LogP contribution in [0, 0.1) is 6.92 Å². The molecule has 0 radical (unpaired) electrons. The number of amides is 1. The first kappa shape index (κ1) is 16.0. The van der Waals surface area contributed by atoms with E-state index in [-0.39, 0.29) is 16.8 Å². The molecule has 0 aliphatic heterocycles. The van der Waals surface area contributed by atoms with Gasteiger partial charge in [-0.2, -0.15) is 0 Å². The molecule has 0 saturated heterocycles. The van der Waals surface area contributed by atoms with Crippen molar-refractivity contribution in [2.45, 2.75) is 38.6 Å². The maximum Gasteiger partial charge on any atom is 0.261 e. The average Bonchev–Trinajstić information content (AvgIpc) is 2.27. The predicted molar refractivity (Wildman–Crippen MR) is 76.1 cm³/mol. The highest BCUT2D eigenvalue weighted by atomic mass is 35.7. The van der Waals surface area contributed by atoms with Gasteiger partial charge >= 0.3 is 0 Å². The third-order valence-corrected chi connectivity index (χ3v) is 4.29. The molecule has 0 fully saturated rings. The van der Waals surface area contributed by atoms with Gasteiger partial charge in [-0.05, 0) is 51.5 Å². The third kappa shape index (κ3) is 3.70. The molecule has 1 rings (SSSR count). The summed E-state index contributed by atoms with van der Waals surface area (Å²) in [7, 11) is 1.52. The fraction of sp³-hybridized carbons (Fsp3) is 0.462. The number of aryl methyl sites for hydroxylation is 1. The second-order valence-electron chi connectivity index (χ2n) is 4.60. The summed E-state index contributed by atoms with van der Waals surface area (Å²) < 4.78 is 22.5. The number of carbonyl (C=O) groups is 1. The minimum Gasteiger partial charge on any atom is -0.336 e. The fourth-order valence-electron chi connectivity index (χ4n) is 1.93. The number of hydrogen-bond donors (Lipinski definition) is 0. The molecule has 0 aliphatic rings. The highest BCUT2D eigenvalue weighted by Gasteiger charge is 2.20. The maximum absolute atomic E-state index is 12.3. The summed E-state index contributed by atoms with van der Waals surface area (Å²) in [6, 6.07) is 4.38. The second kappa shape index (κ2) is 5.92. The molecule has 0 aliphatic carbocycles. The number of carbonyl (C=O) groups excluding carboxylic acids is 1. The predicted octanol–water partition coefficient (Wildman–Crippen LogP) is 2.79. The Morgan fingerprint density at radius 1 is 1.37 bits per heavy atom. The van der Waals surface area contributed by atoms with Crippen LogP contribution in [0.15, 0.2) is 23.1 Å². The Hall–Kier alpha value is -1.07. The molecule has 6 heteroatoms. The first-order valence-electron chi connectivity index (χ1n) is 6.04. The van der Waals surface area contributed by atoms with Crippen molar-refractivity contribution in [3.63, 3.8) is 0 Å². The fourth-order valence-corrected chi connectivity index (χ4v) is 2.76. The van der Waals surface area contributed by atoms with E-state index in [4.69, 9.17) is 10.7 Å². The molecule has 4 nitrogen and oxygen atoms in total. The van der Waals surface area contributed by atoms with Crippen LogP contribution in [0.25, 0.3) is 0 Å². The van der Waals surface area contributed by atoms with E-state index in [2.05, 4.69) is 0 Å². The summed E-state index contributed by atoms with van der Waals surface area (Å²) in [5.41, 5.74) is 1.10. The van der Waals surface area contributed by atoms with Crippen LogP contribution in [0.4, 0.5) is 0 Å².